The van der Waals surface area contributed by atoms with Crippen LogP contribution in [-0.4, -0.2) is 42.3 Å². The van der Waals surface area contributed by atoms with Crippen LogP contribution in [0.5, 0.6) is 11.5 Å². The Morgan fingerprint density at radius 2 is 1.82 bits per heavy atom. The van der Waals surface area contributed by atoms with Crippen molar-refractivity contribution in [3.05, 3.63) is 36.0 Å². The highest BCUT2D eigenvalue weighted by Crippen LogP contribution is 2.33. The molecule has 0 unspecified atom stereocenters. The Morgan fingerprint density at radius 1 is 1.07 bits per heavy atom. The molecule has 8 nitrogen and oxygen atoms in total. The van der Waals surface area contributed by atoms with Gasteiger partial charge in [-0.3, -0.25) is 0 Å². The number of nitrogens with one attached hydrogen (secondary N) is 1. The van der Waals surface area contributed by atoms with Gasteiger partial charge in [-0.2, -0.15) is 4.98 Å². The number of nitrogens with zero attached hydrogens (tertiary/aromatic N) is 4. The molecule has 1 aliphatic rings. The molecule has 146 valence electrons. The lowest BCUT2D eigenvalue weighted by Gasteiger charge is -2.16. The average molecular weight is 380 g/mol. The van der Waals surface area contributed by atoms with Crippen molar-refractivity contribution in [2.75, 3.05) is 43.3 Å². The van der Waals surface area contributed by atoms with Crippen LogP contribution < -0.4 is 25.4 Å². The number of hydrogen-bond acceptors (Lipinski definition) is 8. The van der Waals surface area contributed by atoms with E-state index in [9.17, 15) is 0 Å². The van der Waals surface area contributed by atoms with E-state index in [1.54, 1.807) is 26.4 Å². The topological polar surface area (TPSA) is 98.4 Å². The molecule has 8 heteroatoms. The number of fused-ring (bicyclic) bond motifs is 1. The molecule has 0 atom stereocenters. The molecule has 3 heterocycles. The van der Waals surface area contributed by atoms with E-state index >= 15 is 0 Å². The maximum absolute atomic E-state index is 6.13. The number of nitrogens with two attached hydrogens (primary N) is 1. The molecule has 0 radical (unpaired) electrons. The van der Waals surface area contributed by atoms with Crippen molar-refractivity contribution in [1.82, 2.24) is 15.0 Å². The summed E-state index contributed by atoms with van der Waals surface area (Å²) in [6.45, 7) is 2.73. The molecule has 3 aromatic rings. The van der Waals surface area contributed by atoms with Crippen molar-refractivity contribution in [2.45, 2.75) is 19.4 Å². The predicted octanol–water partition coefficient (Wildman–Crippen LogP) is 2.84. The van der Waals surface area contributed by atoms with Crippen molar-refractivity contribution in [3.63, 3.8) is 0 Å². The van der Waals surface area contributed by atoms with E-state index in [0.29, 0.717) is 35.3 Å². The smallest absolute Gasteiger partial charge is 0.225 e. The van der Waals surface area contributed by atoms with Gasteiger partial charge in [-0.25, -0.2) is 9.97 Å². The van der Waals surface area contributed by atoms with Gasteiger partial charge in [0.25, 0.3) is 0 Å². The largest absolute Gasteiger partial charge is 0.493 e. The fourth-order valence-corrected chi connectivity index (χ4v) is 3.39. The zero-order valence-corrected chi connectivity index (χ0v) is 16.1. The Morgan fingerprint density at radius 3 is 2.50 bits per heavy atom. The molecule has 0 aliphatic carbocycles. The third-order valence-electron chi connectivity index (χ3n) is 4.92. The van der Waals surface area contributed by atoms with Crippen LogP contribution in [0.3, 0.4) is 0 Å². The van der Waals surface area contributed by atoms with Crippen molar-refractivity contribution in [3.8, 4) is 11.5 Å². The third-order valence-corrected chi connectivity index (χ3v) is 4.92. The molecule has 4 rings (SSSR count). The van der Waals surface area contributed by atoms with Crippen LogP contribution in [0.4, 0.5) is 17.6 Å². The molecule has 2 aromatic heterocycles. The third kappa shape index (κ3) is 3.58. The quantitative estimate of drug-likeness (QED) is 0.674. The van der Waals surface area contributed by atoms with Gasteiger partial charge in [-0.15, -0.1) is 0 Å². The predicted molar refractivity (Wildman–Crippen MR) is 110 cm³/mol. The number of rotatable bonds is 6. The Balaban J connectivity index is 1.51. The molecule has 1 aliphatic heterocycles. The molecule has 1 fully saturated rings. The summed E-state index contributed by atoms with van der Waals surface area (Å²) in [5, 5.41) is 3.94. The summed E-state index contributed by atoms with van der Waals surface area (Å²) in [5.41, 5.74) is 7.87. The van der Waals surface area contributed by atoms with Crippen LogP contribution in [0.2, 0.25) is 0 Å². The van der Waals surface area contributed by atoms with Crippen LogP contribution in [0.15, 0.2) is 30.5 Å². The number of anilines is 3. The first-order chi connectivity index (χ1) is 13.7. The summed E-state index contributed by atoms with van der Waals surface area (Å²) in [6, 6.07) is 7.72. The minimum atomic E-state index is 0.385. The van der Waals surface area contributed by atoms with Crippen LogP contribution >= 0.6 is 0 Å². The first-order valence-corrected chi connectivity index (χ1v) is 9.31. The summed E-state index contributed by atoms with van der Waals surface area (Å²) in [4.78, 5) is 15.8. The van der Waals surface area contributed by atoms with Crippen molar-refractivity contribution in [1.29, 1.82) is 0 Å². The maximum atomic E-state index is 6.13. The van der Waals surface area contributed by atoms with Crippen LogP contribution in [0.1, 0.15) is 18.4 Å². The molecule has 28 heavy (non-hydrogen) atoms. The Labute approximate surface area is 163 Å². The normalized spacial score (nSPS) is 13.7. The van der Waals surface area contributed by atoms with E-state index in [0.717, 1.165) is 29.9 Å². The minimum Gasteiger partial charge on any atom is -0.493 e. The average Bonchev–Trinajstić information content (AvgIpc) is 3.26. The first-order valence-electron chi connectivity index (χ1n) is 9.31. The highest BCUT2D eigenvalue weighted by atomic mass is 16.5. The molecular weight excluding hydrogens is 356 g/mol. The molecule has 0 saturated carbocycles. The van der Waals surface area contributed by atoms with E-state index in [1.807, 2.05) is 6.20 Å². The second-order valence-corrected chi connectivity index (χ2v) is 6.73. The number of ether oxygens (including phenoxy) is 2. The molecule has 0 amide bonds. The fraction of sp³-hybridized carbons (Fsp3) is 0.350. The minimum absolute atomic E-state index is 0.385. The van der Waals surface area contributed by atoms with Gasteiger partial charge in [-0.1, -0.05) is 6.07 Å². The van der Waals surface area contributed by atoms with Crippen LogP contribution in [-0.2, 0) is 6.54 Å². The summed E-state index contributed by atoms with van der Waals surface area (Å²) in [7, 11) is 3.17. The maximum Gasteiger partial charge on any atom is 0.225 e. The number of benzene rings is 1. The Bertz CT molecular complexity index is 971. The standard InChI is InChI=1S/C20H24N6O2/c1-27-16-9-14-15(10-17(16)28-2)24-20(25-19(14)21)23-12-13-5-6-18(22-11-13)26-7-3-4-8-26/h5-6,9-11H,3-4,7-8,12H2,1-2H3,(H3,21,23,24,25). The molecule has 0 spiro atoms. The lowest BCUT2D eigenvalue weighted by molar-refractivity contribution is 0.356. The number of pyridine rings is 1. The van der Waals surface area contributed by atoms with Crippen LogP contribution in [0, 0.1) is 0 Å². The monoisotopic (exact) mass is 380 g/mol. The highest BCUT2D eigenvalue weighted by Gasteiger charge is 2.14. The Kier molecular flexibility index (Phi) is 5.01. The van der Waals surface area contributed by atoms with Gasteiger partial charge in [0.05, 0.1) is 19.7 Å². The lowest BCUT2D eigenvalue weighted by Crippen LogP contribution is -2.18. The van der Waals surface area contributed by atoms with Gasteiger partial charge in [-0.05, 0) is 30.5 Å². The second-order valence-electron chi connectivity index (χ2n) is 6.73. The highest BCUT2D eigenvalue weighted by molar-refractivity contribution is 5.91. The number of methoxy groups -OCH3 is 2. The zero-order chi connectivity index (χ0) is 19.5. The van der Waals surface area contributed by atoms with Gasteiger partial charge >= 0.3 is 0 Å². The number of nitrogen functional groups attached to an aromatic ring is 1. The summed E-state index contributed by atoms with van der Waals surface area (Å²) in [6.07, 6.45) is 4.36. The van der Waals surface area contributed by atoms with E-state index in [1.165, 1.54) is 12.8 Å². The summed E-state index contributed by atoms with van der Waals surface area (Å²) < 4.78 is 10.7. The summed E-state index contributed by atoms with van der Waals surface area (Å²) in [5.74, 6) is 3.07. The van der Waals surface area contributed by atoms with Gasteiger partial charge in [0.15, 0.2) is 11.5 Å². The first kappa shape index (κ1) is 18.1. The molecule has 1 aromatic carbocycles. The Hall–Kier alpha value is -3.29. The molecule has 3 N–H and O–H groups in total. The van der Waals surface area contributed by atoms with Gasteiger partial charge in [0.2, 0.25) is 5.95 Å². The summed E-state index contributed by atoms with van der Waals surface area (Å²) >= 11 is 0. The number of aromatic nitrogens is 3. The zero-order valence-electron chi connectivity index (χ0n) is 16.1. The SMILES string of the molecule is COc1cc2nc(NCc3ccc(N4CCCC4)nc3)nc(N)c2cc1OC. The van der Waals surface area contributed by atoms with Crippen molar-refractivity contribution >= 4 is 28.5 Å². The molecular formula is C20H24N6O2. The van der Waals surface area contributed by atoms with Gasteiger partial charge in [0.1, 0.15) is 11.6 Å². The molecule has 0 bridgehead atoms. The van der Waals surface area contributed by atoms with Gasteiger partial charge in [0, 0.05) is 37.3 Å². The molecule has 1 saturated heterocycles. The van der Waals surface area contributed by atoms with E-state index in [-0.39, 0.29) is 0 Å². The fourth-order valence-electron chi connectivity index (χ4n) is 3.39. The second kappa shape index (κ2) is 7.75. The van der Waals surface area contributed by atoms with E-state index < -0.39 is 0 Å². The van der Waals surface area contributed by atoms with Crippen molar-refractivity contribution in [2.24, 2.45) is 0 Å². The van der Waals surface area contributed by atoms with E-state index in [2.05, 4.69) is 37.3 Å². The van der Waals surface area contributed by atoms with Gasteiger partial charge < -0.3 is 25.4 Å². The van der Waals surface area contributed by atoms with Crippen molar-refractivity contribution < 1.29 is 9.47 Å². The van der Waals surface area contributed by atoms with E-state index in [4.69, 9.17) is 15.2 Å². The number of hydrogen-bond donors (Lipinski definition) is 2. The lowest BCUT2D eigenvalue weighted by atomic mass is 10.2. The van der Waals surface area contributed by atoms with Crippen LogP contribution in [0.25, 0.3) is 10.9 Å².